The lowest BCUT2D eigenvalue weighted by Crippen LogP contribution is -2.47. The minimum Gasteiger partial charge on any atom is -0.493 e. The van der Waals surface area contributed by atoms with Crippen molar-refractivity contribution in [3.05, 3.63) is 59.5 Å². The Morgan fingerprint density at radius 1 is 1.21 bits per heavy atom. The van der Waals surface area contributed by atoms with Crippen molar-refractivity contribution in [3.8, 4) is 0 Å². The van der Waals surface area contributed by atoms with Crippen molar-refractivity contribution < 1.29 is 28.6 Å². The molecule has 0 bridgehead atoms. The molecule has 5 rings (SSSR count). The molecular formula is C31H42N2O6. The summed E-state index contributed by atoms with van der Waals surface area (Å²) in [5.41, 5.74) is 1.50. The topological polar surface area (TPSA) is 86.3 Å². The Hall–Kier alpha value is -3.00. The van der Waals surface area contributed by atoms with Crippen LogP contribution >= 0.6 is 0 Å². The van der Waals surface area contributed by atoms with Crippen molar-refractivity contribution in [1.82, 2.24) is 10.4 Å². The van der Waals surface area contributed by atoms with Gasteiger partial charge in [0.2, 0.25) is 0 Å². The first-order valence-corrected chi connectivity index (χ1v) is 14.2. The summed E-state index contributed by atoms with van der Waals surface area (Å²) in [4.78, 5) is 31.8. The minimum atomic E-state index is -0.872. The highest BCUT2D eigenvalue weighted by atomic mass is 16.7. The Balaban J connectivity index is 1.35. The third-order valence-electron chi connectivity index (χ3n) is 8.35. The predicted octanol–water partition coefficient (Wildman–Crippen LogP) is 5.29. The fourth-order valence-electron chi connectivity index (χ4n) is 6.83. The number of hydrogen-bond donors (Lipinski definition) is 1. The van der Waals surface area contributed by atoms with Gasteiger partial charge in [0.25, 0.3) is 0 Å². The summed E-state index contributed by atoms with van der Waals surface area (Å²) >= 11 is 0. The molecule has 1 spiro atoms. The van der Waals surface area contributed by atoms with Crippen LogP contribution in [0.25, 0.3) is 0 Å². The number of carbonyl (C=O) groups excluding carboxylic acids is 2. The van der Waals surface area contributed by atoms with Crippen molar-refractivity contribution in [2.45, 2.75) is 90.1 Å². The van der Waals surface area contributed by atoms with Crippen molar-refractivity contribution in [2.75, 3.05) is 13.7 Å². The first-order chi connectivity index (χ1) is 18.6. The molecule has 212 valence electrons. The van der Waals surface area contributed by atoms with Crippen LogP contribution in [0.2, 0.25) is 0 Å². The molecule has 2 aliphatic carbocycles. The molecule has 6 atom stereocenters. The van der Waals surface area contributed by atoms with E-state index in [0.29, 0.717) is 31.7 Å². The molecule has 0 saturated heterocycles. The first kappa shape index (κ1) is 27.6. The van der Waals surface area contributed by atoms with Crippen LogP contribution < -0.4 is 5.32 Å². The van der Waals surface area contributed by atoms with Crippen molar-refractivity contribution >= 4 is 12.1 Å². The average molecular weight is 539 g/mol. The molecule has 1 fully saturated rings. The molecule has 39 heavy (non-hydrogen) atoms. The average Bonchev–Trinajstić information content (AvgIpc) is 3.09. The molecule has 2 heterocycles. The lowest BCUT2D eigenvalue weighted by atomic mass is 9.61. The summed E-state index contributed by atoms with van der Waals surface area (Å²) in [6.07, 6.45) is 8.24. The zero-order valence-electron chi connectivity index (χ0n) is 23.8. The number of benzene rings is 1. The van der Waals surface area contributed by atoms with Gasteiger partial charge in [-0.3, -0.25) is 9.90 Å². The molecule has 8 nitrogen and oxygen atoms in total. The molecule has 1 saturated carbocycles. The summed E-state index contributed by atoms with van der Waals surface area (Å²) < 4.78 is 18.2. The number of alkyl carbamates (subject to hydrolysis) is 1. The number of hydrogen-bond acceptors (Lipinski definition) is 7. The number of esters is 1. The Morgan fingerprint density at radius 3 is 2.69 bits per heavy atom. The van der Waals surface area contributed by atoms with Gasteiger partial charge in [-0.15, -0.1) is 0 Å². The largest absolute Gasteiger partial charge is 0.493 e. The van der Waals surface area contributed by atoms with Crippen molar-refractivity contribution in [2.24, 2.45) is 17.3 Å². The van der Waals surface area contributed by atoms with Gasteiger partial charge in [0.15, 0.2) is 0 Å². The van der Waals surface area contributed by atoms with E-state index in [2.05, 4.69) is 24.5 Å². The van der Waals surface area contributed by atoms with Gasteiger partial charge < -0.3 is 19.5 Å². The maximum atomic E-state index is 13.6. The molecule has 1 N–H and O–H groups in total. The second-order valence-corrected chi connectivity index (χ2v) is 12.6. The molecule has 2 aliphatic heterocycles. The van der Waals surface area contributed by atoms with E-state index < -0.39 is 23.7 Å². The number of carbonyl (C=O) groups is 2. The van der Waals surface area contributed by atoms with E-state index in [0.717, 1.165) is 30.6 Å². The van der Waals surface area contributed by atoms with Gasteiger partial charge in [0.1, 0.15) is 29.6 Å². The third kappa shape index (κ3) is 5.96. The molecule has 0 aromatic heterocycles. The van der Waals surface area contributed by atoms with E-state index in [1.165, 1.54) is 5.57 Å². The quantitative estimate of drug-likeness (QED) is 0.492. The molecule has 2 unspecified atom stereocenters. The summed E-state index contributed by atoms with van der Waals surface area (Å²) in [7, 11) is 1.69. The smallest absolute Gasteiger partial charge is 0.408 e. The lowest BCUT2D eigenvalue weighted by molar-refractivity contribution is -0.153. The minimum absolute atomic E-state index is 0.114. The Morgan fingerprint density at radius 2 is 1.97 bits per heavy atom. The summed E-state index contributed by atoms with van der Waals surface area (Å²) in [6, 6.07) is 8.74. The maximum Gasteiger partial charge on any atom is 0.408 e. The van der Waals surface area contributed by atoms with Crippen LogP contribution in [0, 0.1) is 17.3 Å². The zero-order valence-corrected chi connectivity index (χ0v) is 23.8. The maximum absolute atomic E-state index is 13.6. The molecule has 8 heteroatoms. The van der Waals surface area contributed by atoms with Crippen LogP contribution in [0.5, 0.6) is 0 Å². The lowest BCUT2D eigenvalue weighted by Gasteiger charge is -2.42. The van der Waals surface area contributed by atoms with Crippen LogP contribution in [0.3, 0.4) is 0 Å². The Kier molecular flexibility index (Phi) is 7.68. The number of rotatable bonds is 6. The molecule has 1 aromatic carbocycles. The van der Waals surface area contributed by atoms with Gasteiger partial charge in [0.05, 0.1) is 19.1 Å². The summed E-state index contributed by atoms with van der Waals surface area (Å²) in [5.74, 6) is 1.27. The van der Waals surface area contributed by atoms with Crippen molar-refractivity contribution in [1.29, 1.82) is 0 Å². The fraction of sp³-hybridized carbons (Fsp3) is 0.613. The molecule has 0 radical (unpaired) electrons. The third-order valence-corrected chi connectivity index (χ3v) is 8.35. The monoisotopic (exact) mass is 538 g/mol. The number of nitrogens with zero attached hydrogens (tertiary/aromatic N) is 1. The van der Waals surface area contributed by atoms with Gasteiger partial charge in [-0.25, -0.2) is 9.59 Å². The van der Waals surface area contributed by atoms with Crippen LogP contribution in [0.15, 0.2) is 53.9 Å². The molecule has 1 aromatic rings. The van der Waals surface area contributed by atoms with Gasteiger partial charge >= 0.3 is 12.1 Å². The number of hydroxylamine groups is 2. The van der Waals surface area contributed by atoms with Gasteiger partial charge in [-0.2, -0.15) is 0 Å². The van der Waals surface area contributed by atoms with Crippen LogP contribution in [0.1, 0.15) is 65.4 Å². The highest BCUT2D eigenvalue weighted by molar-refractivity contribution is 5.82. The van der Waals surface area contributed by atoms with Crippen LogP contribution in [-0.2, 0) is 30.3 Å². The molecular weight excluding hydrogens is 496 g/mol. The summed E-state index contributed by atoms with van der Waals surface area (Å²) in [5, 5.41) is 4.63. The van der Waals surface area contributed by atoms with E-state index in [4.69, 9.17) is 19.0 Å². The SMILES string of the molecule is CON1C=CC23CC(C)CC[C@@H]2OC2=C3[C@H](C[C@H](OC(=O)[C@H](Cc3ccccc3)NC(=O)OC(C)(C)C)C2)C1. The first-order valence-electron chi connectivity index (χ1n) is 14.2. The van der Waals surface area contributed by atoms with E-state index in [1.54, 1.807) is 27.9 Å². The number of ether oxygens (including phenoxy) is 3. The van der Waals surface area contributed by atoms with Crippen LogP contribution in [0.4, 0.5) is 4.79 Å². The standard InChI is InChI=1S/C31H42N2O6/c1-20-11-12-26-31(18-20)13-14-33(36-5)19-22-16-23(17-25(38-26)27(22)31)37-28(34)24(15-21-9-7-6-8-10-21)32-29(35)39-30(2,3)4/h6-10,13-14,20,22-24,26H,11-12,15-19H2,1-5H3,(H,32,35)/t20?,22-,23+,24+,26+,31?/m1/s1. The number of amides is 1. The predicted molar refractivity (Wildman–Crippen MR) is 146 cm³/mol. The molecule has 4 aliphatic rings. The highest BCUT2D eigenvalue weighted by Gasteiger charge is 2.56. The van der Waals surface area contributed by atoms with E-state index in [1.807, 2.05) is 35.4 Å². The van der Waals surface area contributed by atoms with E-state index in [-0.39, 0.29) is 23.5 Å². The van der Waals surface area contributed by atoms with Crippen LogP contribution in [-0.4, -0.2) is 54.6 Å². The van der Waals surface area contributed by atoms with Crippen molar-refractivity contribution in [3.63, 3.8) is 0 Å². The molecule has 1 amide bonds. The Labute approximate surface area is 231 Å². The van der Waals surface area contributed by atoms with Gasteiger partial charge in [-0.1, -0.05) is 43.3 Å². The second-order valence-electron chi connectivity index (χ2n) is 12.6. The van der Waals surface area contributed by atoms with E-state index >= 15 is 0 Å². The normalized spacial score (nSPS) is 30.4. The Bertz CT molecular complexity index is 1130. The summed E-state index contributed by atoms with van der Waals surface area (Å²) in [6.45, 7) is 8.38. The fourth-order valence-corrected chi connectivity index (χ4v) is 6.83. The van der Waals surface area contributed by atoms with E-state index in [9.17, 15) is 9.59 Å². The van der Waals surface area contributed by atoms with Gasteiger partial charge in [-0.05, 0) is 63.5 Å². The highest BCUT2D eigenvalue weighted by Crippen LogP contribution is 2.59. The number of nitrogens with one attached hydrogen (secondary N) is 1. The van der Waals surface area contributed by atoms with Gasteiger partial charge in [0, 0.05) is 25.0 Å². The second kappa shape index (κ2) is 10.9. The zero-order chi connectivity index (χ0) is 27.8.